The maximum absolute atomic E-state index is 6.83. The van der Waals surface area contributed by atoms with Gasteiger partial charge in [0.05, 0.1) is 54.2 Å². The standard InChI is InChI=1S/C37H44NO5.HI/c1-38(2,3)34-36(41-26-31-20-12-6-13-21-31)35(40-25-30-18-10-5-11-19-30)33(28-39-24-29-16-8-4-9-17-29)43-37(34)42-27-32-22-14-7-15-23-32;/h4-23,33-37H,24-28H2,1-3H3;1H/q+1;/p-1/t33-,34-,35-,36-,37+;/m1./s1. The zero-order valence-electron chi connectivity index (χ0n) is 25.8. The zero-order valence-corrected chi connectivity index (χ0v) is 28.0. The van der Waals surface area contributed by atoms with E-state index in [1.54, 1.807) is 0 Å². The summed E-state index contributed by atoms with van der Waals surface area (Å²) in [7, 11) is 6.48. The fraction of sp³-hybridized carbons (Fsp3) is 0.351. The number of hydrogen-bond donors (Lipinski definition) is 0. The van der Waals surface area contributed by atoms with Crippen LogP contribution in [0.1, 0.15) is 22.3 Å². The van der Waals surface area contributed by atoms with Gasteiger partial charge in [-0.05, 0) is 22.3 Å². The van der Waals surface area contributed by atoms with Gasteiger partial charge in [0.1, 0.15) is 18.3 Å². The molecule has 44 heavy (non-hydrogen) atoms. The predicted octanol–water partition coefficient (Wildman–Crippen LogP) is 3.39. The first-order valence-electron chi connectivity index (χ1n) is 15.0. The van der Waals surface area contributed by atoms with E-state index >= 15 is 0 Å². The lowest BCUT2D eigenvalue weighted by atomic mass is 9.94. The van der Waals surface area contributed by atoms with Crippen LogP contribution >= 0.6 is 0 Å². The average Bonchev–Trinajstić information content (AvgIpc) is 3.03. The molecule has 0 spiro atoms. The Morgan fingerprint density at radius 3 is 1.34 bits per heavy atom. The molecular formula is C37H44INO5. The van der Waals surface area contributed by atoms with Gasteiger partial charge in [0.25, 0.3) is 0 Å². The molecule has 234 valence electrons. The van der Waals surface area contributed by atoms with Gasteiger partial charge in [-0.15, -0.1) is 0 Å². The number of benzene rings is 4. The lowest BCUT2D eigenvalue weighted by Gasteiger charge is -2.50. The third kappa shape index (κ3) is 9.94. The molecule has 5 atom stereocenters. The van der Waals surface area contributed by atoms with Gasteiger partial charge in [-0.2, -0.15) is 0 Å². The van der Waals surface area contributed by atoms with Gasteiger partial charge >= 0.3 is 0 Å². The van der Waals surface area contributed by atoms with Gasteiger partial charge in [-0.25, -0.2) is 0 Å². The molecule has 0 aliphatic carbocycles. The number of rotatable bonds is 14. The van der Waals surface area contributed by atoms with Crippen molar-refractivity contribution in [3.8, 4) is 0 Å². The van der Waals surface area contributed by atoms with Crippen LogP contribution < -0.4 is 24.0 Å². The van der Waals surface area contributed by atoms with E-state index in [1.165, 1.54) is 0 Å². The van der Waals surface area contributed by atoms with E-state index in [9.17, 15) is 0 Å². The van der Waals surface area contributed by atoms with Gasteiger partial charge < -0.3 is 52.1 Å². The van der Waals surface area contributed by atoms with Gasteiger partial charge in [0.15, 0.2) is 6.04 Å². The summed E-state index contributed by atoms with van der Waals surface area (Å²) >= 11 is 0. The number of ether oxygens (including phenoxy) is 5. The van der Waals surface area contributed by atoms with Gasteiger partial charge in [0, 0.05) is 0 Å². The Kier molecular flexibility index (Phi) is 13.4. The first kappa shape index (κ1) is 34.2. The molecule has 1 fully saturated rings. The largest absolute Gasteiger partial charge is 1.00 e. The Balaban J connectivity index is 0.00000442. The Morgan fingerprint density at radius 2 is 0.909 bits per heavy atom. The highest BCUT2D eigenvalue weighted by Crippen LogP contribution is 2.33. The summed E-state index contributed by atoms with van der Waals surface area (Å²) in [4.78, 5) is 0. The molecule has 1 saturated heterocycles. The Morgan fingerprint density at radius 1 is 0.523 bits per heavy atom. The fourth-order valence-corrected chi connectivity index (χ4v) is 5.52. The maximum atomic E-state index is 6.83. The molecule has 4 aromatic carbocycles. The number of nitrogens with zero attached hydrogens (tertiary/aromatic N) is 1. The lowest BCUT2D eigenvalue weighted by molar-refractivity contribution is -0.910. The maximum Gasteiger partial charge on any atom is 0.214 e. The average molecular weight is 710 g/mol. The molecule has 7 heteroatoms. The minimum absolute atomic E-state index is 0. The van der Waals surface area contributed by atoms with Crippen molar-refractivity contribution in [2.45, 2.75) is 57.1 Å². The molecule has 0 amide bonds. The summed E-state index contributed by atoms with van der Waals surface area (Å²) in [6.45, 7) is 2.15. The molecule has 1 aliphatic heterocycles. The second-order valence-corrected chi connectivity index (χ2v) is 12.0. The van der Waals surface area contributed by atoms with Gasteiger partial charge in [0.2, 0.25) is 6.29 Å². The van der Waals surface area contributed by atoms with Gasteiger partial charge in [-0.3, -0.25) is 0 Å². The minimum atomic E-state index is -0.539. The normalized spacial score (nSPS) is 21.8. The molecule has 6 nitrogen and oxygen atoms in total. The lowest BCUT2D eigenvalue weighted by Crippen LogP contribution is -3.00. The van der Waals surface area contributed by atoms with Crippen molar-refractivity contribution in [3.63, 3.8) is 0 Å². The highest BCUT2D eigenvalue weighted by Gasteiger charge is 2.54. The SMILES string of the molecule is C[N+](C)(C)[C@H]1[C@@H](OCc2ccccc2)O[C@H](COCc2ccccc2)[C@@H](OCc2ccccc2)[C@@H]1OCc1ccccc1.[I-]. The van der Waals surface area contributed by atoms with E-state index in [2.05, 4.69) is 69.7 Å². The molecule has 0 aromatic heterocycles. The van der Waals surface area contributed by atoms with Crippen LogP contribution in [-0.4, -0.2) is 62.9 Å². The topological polar surface area (TPSA) is 46.2 Å². The van der Waals surface area contributed by atoms with Crippen LogP contribution in [0.25, 0.3) is 0 Å². The first-order chi connectivity index (χ1) is 21.0. The number of hydrogen-bond acceptors (Lipinski definition) is 5. The van der Waals surface area contributed by atoms with Crippen molar-refractivity contribution >= 4 is 0 Å². The quantitative estimate of drug-likeness (QED) is 0.149. The fourth-order valence-electron chi connectivity index (χ4n) is 5.52. The summed E-state index contributed by atoms with van der Waals surface area (Å²) in [6.07, 6.45) is -1.66. The monoisotopic (exact) mass is 709 g/mol. The van der Waals surface area contributed by atoms with Gasteiger partial charge in [-0.1, -0.05) is 121 Å². The summed E-state index contributed by atoms with van der Waals surface area (Å²) in [6, 6.07) is 40.7. The molecule has 0 radical (unpaired) electrons. The summed E-state index contributed by atoms with van der Waals surface area (Å²) < 4.78 is 33.8. The van der Waals surface area contributed by atoms with Crippen molar-refractivity contribution in [1.29, 1.82) is 0 Å². The molecule has 1 aliphatic rings. The van der Waals surface area contributed by atoms with E-state index in [1.807, 2.05) is 72.8 Å². The zero-order chi connectivity index (χ0) is 29.9. The summed E-state index contributed by atoms with van der Waals surface area (Å²) in [5.74, 6) is 0. The molecule has 0 N–H and O–H groups in total. The van der Waals surface area contributed by atoms with Crippen molar-refractivity contribution in [2.24, 2.45) is 0 Å². The molecule has 0 saturated carbocycles. The number of halogens is 1. The van der Waals surface area contributed by atoms with Crippen molar-refractivity contribution in [1.82, 2.24) is 0 Å². The molecule has 5 rings (SSSR count). The molecule has 0 bridgehead atoms. The van der Waals surface area contributed by atoms with E-state index in [-0.39, 0.29) is 36.1 Å². The van der Waals surface area contributed by atoms with Crippen molar-refractivity contribution in [2.75, 3.05) is 27.7 Å². The van der Waals surface area contributed by atoms with Crippen LogP contribution in [0.4, 0.5) is 0 Å². The molecule has 1 heterocycles. The Labute approximate surface area is 279 Å². The first-order valence-corrected chi connectivity index (χ1v) is 15.0. The molecule has 4 aromatic rings. The minimum Gasteiger partial charge on any atom is -1.00 e. The second-order valence-electron chi connectivity index (χ2n) is 12.0. The smallest absolute Gasteiger partial charge is 0.214 e. The highest BCUT2D eigenvalue weighted by atomic mass is 127. The van der Waals surface area contributed by atoms with Crippen LogP contribution in [-0.2, 0) is 50.1 Å². The Hall–Kier alpha value is -2.63. The van der Waals surface area contributed by atoms with Crippen LogP contribution in [0.15, 0.2) is 121 Å². The van der Waals surface area contributed by atoms with E-state index in [0.717, 1.165) is 22.3 Å². The highest BCUT2D eigenvalue weighted by molar-refractivity contribution is 5.16. The second kappa shape index (κ2) is 17.2. The van der Waals surface area contributed by atoms with Crippen LogP contribution in [0.3, 0.4) is 0 Å². The third-order valence-electron chi connectivity index (χ3n) is 7.73. The predicted molar refractivity (Wildman–Crippen MR) is 168 cm³/mol. The summed E-state index contributed by atoms with van der Waals surface area (Å²) in [5.41, 5.74) is 4.40. The summed E-state index contributed by atoms with van der Waals surface area (Å²) in [5, 5.41) is 0. The molecular weight excluding hydrogens is 665 g/mol. The van der Waals surface area contributed by atoms with E-state index in [4.69, 9.17) is 23.7 Å². The van der Waals surface area contributed by atoms with Crippen LogP contribution in [0.5, 0.6) is 0 Å². The molecule has 0 unspecified atom stereocenters. The number of likely N-dealkylation sites (N-methyl/N-ethyl adjacent to an activating group) is 1. The third-order valence-corrected chi connectivity index (χ3v) is 7.73. The van der Waals surface area contributed by atoms with Crippen molar-refractivity contribution in [3.05, 3.63) is 144 Å². The Bertz CT molecular complexity index is 1340. The van der Waals surface area contributed by atoms with E-state index < -0.39 is 18.5 Å². The van der Waals surface area contributed by atoms with Crippen LogP contribution in [0.2, 0.25) is 0 Å². The van der Waals surface area contributed by atoms with Crippen molar-refractivity contribution < 1.29 is 52.1 Å². The number of quaternary nitrogens is 1. The van der Waals surface area contributed by atoms with Crippen LogP contribution in [0, 0.1) is 0 Å². The van der Waals surface area contributed by atoms with E-state index in [0.29, 0.717) is 37.5 Å².